The number of nitrogens with zero attached hydrogens (tertiary/aromatic N) is 1. The van der Waals surface area contributed by atoms with Crippen LogP contribution in [-0.2, 0) is 9.53 Å². The molecule has 0 aliphatic heterocycles. The molecule has 1 N–H and O–H groups in total. The fourth-order valence-electron chi connectivity index (χ4n) is 3.03. The van der Waals surface area contributed by atoms with Crippen LogP contribution in [0.1, 0.15) is 27.2 Å². The van der Waals surface area contributed by atoms with E-state index in [0.29, 0.717) is 44.5 Å². The fraction of sp³-hybridized carbons (Fsp3) is 0.125. The summed E-state index contributed by atoms with van der Waals surface area (Å²) in [5.41, 5.74) is 2.95. The van der Waals surface area contributed by atoms with Crippen LogP contribution in [0.4, 0.5) is 5.69 Å². The number of hydrogen-bond donors (Lipinski definition) is 1. The van der Waals surface area contributed by atoms with Crippen LogP contribution >= 0.6 is 11.6 Å². The van der Waals surface area contributed by atoms with Crippen molar-refractivity contribution in [1.82, 2.24) is 0 Å². The Hall–Kier alpha value is -3.82. The van der Waals surface area contributed by atoms with E-state index in [2.05, 4.69) is 5.32 Å². The Kier molecular flexibility index (Phi) is 6.58. The summed E-state index contributed by atoms with van der Waals surface area (Å²) < 4.78 is 10.6. The van der Waals surface area contributed by atoms with Crippen molar-refractivity contribution in [2.24, 2.45) is 0 Å². The summed E-state index contributed by atoms with van der Waals surface area (Å²) in [6.07, 6.45) is 1.36. The molecule has 1 aromatic heterocycles. The van der Waals surface area contributed by atoms with Gasteiger partial charge in [-0.3, -0.25) is 4.79 Å². The van der Waals surface area contributed by atoms with Gasteiger partial charge in [-0.2, -0.15) is 5.26 Å². The number of nitriles is 1. The van der Waals surface area contributed by atoms with Crippen LogP contribution in [0.5, 0.6) is 0 Å². The van der Waals surface area contributed by atoms with Gasteiger partial charge in [-0.15, -0.1) is 0 Å². The number of hydrogen-bond acceptors (Lipinski definition) is 5. The van der Waals surface area contributed by atoms with Gasteiger partial charge in [0.15, 0.2) is 0 Å². The summed E-state index contributed by atoms with van der Waals surface area (Å²) in [5, 5.41) is 12.7. The summed E-state index contributed by atoms with van der Waals surface area (Å²) in [4.78, 5) is 24.5. The summed E-state index contributed by atoms with van der Waals surface area (Å²) in [5.74, 6) is -0.189. The number of rotatable bonds is 5. The molecule has 0 saturated heterocycles. The number of benzene rings is 2. The molecule has 0 aliphatic carbocycles. The van der Waals surface area contributed by atoms with Gasteiger partial charge in [0.1, 0.15) is 23.2 Å². The van der Waals surface area contributed by atoms with Gasteiger partial charge < -0.3 is 14.5 Å². The Labute approximate surface area is 184 Å². The van der Waals surface area contributed by atoms with Crippen LogP contribution in [-0.4, -0.2) is 19.0 Å². The van der Waals surface area contributed by atoms with Gasteiger partial charge in [0.2, 0.25) is 0 Å². The maximum absolute atomic E-state index is 12.6. The van der Waals surface area contributed by atoms with E-state index < -0.39 is 11.9 Å². The highest BCUT2D eigenvalue weighted by molar-refractivity contribution is 6.31. The minimum atomic E-state index is -0.574. The number of furan rings is 1. The first-order valence-corrected chi connectivity index (χ1v) is 9.70. The minimum absolute atomic E-state index is 0.125. The molecule has 0 unspecified atom stereocenters. The molecule has 2 aromatic carbocycles. The number of carbonyl (C=O) groups is 2. The molecule has 0 fully saturated rings. The highest BCUT2D eigenvalue weighted by Crippen LogP contribution is 2.29. The van der Waals surface area contributed by atoms with Gasteiger partial charge in [-0.05, 0) is 55.3 Å². The van der Waals surface area contributed by atoms with Gasteiger partial charge in [-0.1, -0.05) is 29.8 Å². The lowest BCUT2D eigenvalue weighted by Crippen LogP contribution is -2.14. The molecule has 0 radical (unpaired) electrons. The monoisotopic (exact) mass is 434 g/mol. The third-order valence-electron chi connectivity index (χ3n) is 4.80. The standard InChI is InChI=1S/C24H19ClN2O4/c1-14-18(6-4-7-19(14)24(29)30-3)22-11-10-17(31-22)12-16(13-26)23(28)27-21-9-5-8-20(25)15(21)2/h4-12H,1-3H3,(H,27,28)/b16-12+. The number of nitrogens with one attached hydrogen (secondary N) is 1. The molecular weight excluding hydrogens is 416 g/mol. The van der Waals surface area contributed by atoms with Crippen LogP contribution in [0.2, 0.25) is 5.02 Å². The topological polar surface area (TPSA) is 92.3 Å². The second-order valence-electron chi connectivity index (χ2n) is 6.71. The molecule has 1 heterocycles. The van der Waals surface area contributed by atoms with Crippen LogP contribution in [0.15, 0.2) is 58.5 Å². The number of ether oxygens (including phenoxy) is 1. The second-order valence-corrected chi connectivity index (χ2v) is 7.12. The zero-order valence-electron chi connectivity index (χ0n) is 17.2. The zero-order valence-corrected chi connectivity index (χ0v) is 17.9. The number of amides is 1. The van der Waals surface area contributed by atoms with E-state index in [0.717, 1.165) is 0 Å². The molecule has 0 spiro atoms. The Bertz CT molecular complexity index is 1230. The summed E-state index contributed by atoms with van der Waals surface area (Å²) in [7, 11) is 1.32. The van der Waals surface area contributed by atoms with E-state index in [-0.39, 0.29) is 5.57 Å². The predicted molar refractivity (Wildman–Crippen MR) is 119 cm³/mol. The average molecular weight is 435 g/mol. The molecule has 0 bridgehead atoms. The Morgan fingerprint density at radius 2 is 1.84 bits per heavy atom. The Balaban J connectivity index is 1.88. The van der Waals surface area contributed by atoms with Crippen molar-refractivity contribution in [2.75, 3.05) is 12.4 Å². The average Bonchev–Trinajstić information content (AvgIpc) is 3.23. The minimum Gasteiger partial charge on any atom is -0.465 e. The molecule has 0 aliphatic rings. The lowest BCUT2D eigenvalue weighted by molar-refractivity contribution is -0.112. The summed E-state index contributed by atoms with van der Waals surface area (Å²) in [6.45, 7) is 3.57. The third-order valence-corrected chi connectivity index (χ3v) is 5.21. The first-order valence-electron chi connectivity index (χ1n) is 9.32. The number of anilines is 1. The van der Waals surface area contributed by atoms with Crippen LogP contribution in [0.25, 0.3) is 17.4 Å². The molecule has 3 aromatic rings. The van der Waals surface area contributed by atoms with E-state index in [1.54, 1.807) is 56.3 Å². The number of methoxy groups -OCH3 is 1. The Morgan fingerprint density at radius 1 is 1.10 bits per heavy atom. The lowest BCUT2D eigenvalue weighted by atomic mass is 10.0. The number of esters is 1. The van der Waals surface area contributed by atoms with Gasteiger partial charge in [0.25, 0.3) is 5.91 Å². The van der Waals surface area contributed by atoms with E-state index in [4.69, 9.17) is 20.8 Å². The van der Waals surface area contributed by atoms with Gasteiger partial charge in [0.05, 0.1) is 12.7 Å². The van der Waals surface area contributed by atoms with Crippen molar-refractivity contribution < 1.29 is 18.7 Å². The molecule has 0 saturated carbocycles. The summed E-state index contributed by atoms with van der Waals surface area (Å²) in [6, 6.07) is 15.6. The quantitative estimate of drug-likeness (QED) is 0.323. The predicted octanol–water partition coefficient (Wildman–Crippen LogP) is 5.55. The molecule has 31 heavy (non-hydrogen) atoms. The first kappa shape index (κ1) is 21.9. The molecule has 156 valence electrons. The van der Waals surface area contributed by atoms with Crippen molar-refractivity contribution >= 4 is 35.2 Å². The van der Waals surface area contributed by atoms with Crippen molar-refractivity contribution in [1.29, 1.82) is 5.26 Å². The molecule has 1 amide bonds. The van der Waals surface area contributed by atoms with E-state index in [1.807, 2.05) is 12.1 Å². The molecule has 6 nitrogen and oxygen atoms in total. The molecule has 7 heteroatoms. The highest BCUT2D eigenvalue weighted by atomic mass is 35.5. The van der Waals surface area contributed by atoms with E-state index in [9.17, 15) is 14.9 Å². The van der Waals surface area contributed by atoms with E-state index in [1.165, 1.54) is 13.2 Å². The van der Waals surface area contributed by atoms with E-state index >= 15 is 0 Å². The molecule has 0 atom stereocenters. The first-order chi connectivity index (χ1) is 14.8. The van der Waals surface area contributed by atoms with Crippen molar-refractivity contribution in [3.63, 3.8) is 0 Å². The number of halogens is 1. The summed E-state index contributed by atoms with van der Waals surface area (Å²) >= 11 is 6.08. The zero-order chi connectivity index (χ0) is 22.5. The third kappa shape index (κ3) is 4.68. The van der Waals surface area contributed by atoms with Crippen molar-refractivity contribution in [3.8, 4) is 17.4 Å². The normalized spacial score (nSPS) is 11.0. The van der Waals surface area contributed by atoms with Crippen LogP contribution in [0.3, 0.4) is 0 Å². The van der Waals surface area contributed by atoms with Crippen molar-refractivity contribution in [3.05, 3.63) is 81.6 Å². The van der Waals surface area contributed by atoms with Gasteiger partial charge in [0, 0.05) is 22.3 Å². The molecule has 3 rings (SSSR count). The largest absolute Gasteiger partial charge is 0.465 e. The van der Waals surface area contributed by atoms with Crippen LogP contribution in [0, 0.1) is 25.2 Å². The highest BCUT2D eigenvalue weighted by Gasteiger charge is 2.16. The van der Waals surface area contributed by atoms with Crippen LogP contribution < -0.4 is 5.32 Å². The Morgan fingerprint density at radius 3 is 2.55 bits per heavy atom. The lowest BCUT2D eigenvalue weighted by Gasteiger charge is -2.08. The van der Waals surface area contributed by atoms with Crippen molar-refractivity contribution in [2.45, 2.75) is 13.8 Å². The molecular formula is C24H19ClN2O4. The van der Waals surface area contributed by atoms with Gasteiger partial charge in [-0.25, -0.2) is 4.79 Å². The second kappa shape index (κ2) is 9.33. The van der Waals surface area contributed by atoms with Gasteiger partial charge >= 0.3 is 5.97 Å². The maximum atomic E-state index is 12.6. The SMILES string of the molecule is COC(=O)c1cccc(-c2ccc(/C=C(\C#N)C(=O)Nc3cccc(Cl)c3C)o2)c1C. The fourth-order valence-corrected chi connectivity index (χ4v) is 3.21. The smallest absolute Gasteiger partial charge is 0.338 e. The maximum Gasteiger partial charge on any atom is 0.338 e. The number of carbonyl (C=O) groups excluding carboxylic acids is 2.